The van der Waals surface area contributed by atoms with Gasteiger partial charge in [0.1, 0.15) is 6.79 Å². The molecule has 1 aromatic carbocycles. The molecule has 41 heavy (non-hydrogen) atoms. The van der Waals surface area contributed by atoms with Crippen LogP contribution in [0.4, 0.5) is 13.2 Å². The highest BCUT2D eigenvalue weighted by Crippen LogP contribution is 2.48. The first-order valence-corrected chi connectivity index (χ1v) is 15.7. The number of carbonyl (C=O) groups is 2. The van der Waals surface area contributed by atoms with E-state index >= 15 is 0 Å². The van der Waals surface area contributed by atoms with Crippen molar-refractivity contribution in [3.63, 3.8) is 0 Å². The first-order chi connectivity index (χ1) is 19.4. The molecular weight excluding hydrogens is 616 g/mol. The Balaban J connectivity index is 0.00000287. The molecule has 2 unspecified atom stereocenters. The molecule has 228 valence electrons. The first kappa shape index (κ1) is 35.6. The monoisotopic (exact) mass is 652 g/mol. The van der Waals surface area contributed by atoms with Gasteiger partial charge in [-0.1, -0.05) is 67.9 Å². The number of hydrogen-bond acceptors (Lipinski definition) is 4. The normalized spacial score (nSPS) is 15.8. The van der Waals surface area contributed by atoms with Gasteiger partial charge in [-0.3, -0.25) is 9.79 Å². The average molecular weight is 654 g/mol. The van der Waals surface area contributed by atoms with Crippen molar-refractivity contribution in [1.82, 2.24) is 5.32 Å². The molecule has 3 rings (SSSR count). The van der Waals surface area contributed by atoms with E-state index in [4.69, 9.17) is 39.6 Å². The summed E-state index contributed by atoms with van der Waals surface area (Å²) in [5.41, 5.74) is -0.195. The lowest BCUT2D eigenvalue weighted by atomic mass is 9.76. The third-order valence-electron chi connectivity index (χ3n) is 7.60. The summed E-state index contributed by atoms with van der Waals surface area (Å²) in [5, 5.41) is 3.15. The molecule has 1 heterocycles. The van der Waals surface area contributed by atoms with Gasteiger partial charge in [0.15, 0.2) is 0 Å². The Hall–Kier alpha value is -1.61. The van der Waals surface area contributed by atoms with Crippen molar-refractivity contribution in [2.75, 3.05) is 7.05 Å². The van der Waals surface area contributed by atoms with Gasteiger partial charge in [-0.25, -0.2) is 0 Å². The van der Waals surface area contributed by atoms with Crippen molar-refractivity contribution in [3.05, 3.63) is 53.6 Å². The number of nitrogens with one attached hydrogen (secondary N) is 1. The number of unbranched alkanes of at least 4 members (excludes halogenated alkanes) is 1. The van der Waals surface area contributed by atoms with Crippen LogP contribution in [0.3, 0.4) is 0 Å². The predicted molar refractivity (Wildman–Crippen MR) is 166 cm³/mol. The second kappa shape index (κ2) is 15.7. The molecule has 1 aromatic heterocycles. The Bertz CT molecular complexity index is 1210. The van der Waals surface area contributed by atoms with Crippen molar-refractivity contribution in [3.8, 4) is 0 Å². The molecular formula is C30H38Cl3F3N2O2S. The molecule has 4 nitrogen and oxygen atoms in total. The highest BCUT2D eigenvalue weighted by atomic mass is 35.5. The van der Waals surface area contributed by atoms with Gasteiger partial charge in [0.05, 0.1) is 35.9 Å². The van der Waals surface area contributed by atoms with Crippen LogP contribution in [0.25, 0.3) is 0 Å². The van der Waals surface area contributed by atoms with E-state index in [0.717, 1.165) is 69.4 Å². The Morgan fingerprint density at radius 1 is 1.02 bits per heavy atom. The number of thiophene rings is 1. The second-order valence-corrected chi connectivity index (χ2v) is 12.7. The molecule has 0 spiro atoms. The smallest absolute Gasteiger partial charge is 0.349 e. The van der Waals surface area contributed by atoms with Gasteiger partial charge in [-0.2, -0.15) is 13.2 Å². The van der Waals surface area contributed by atoms with E-state index in [1.165, 1.54) is 30.5 Å². The zero-order valence-electron chi connectivity index (χ0n) is 23.9. The van der Waals surface area contributed by atoms with Gasteiger partial charge in [-0.05, 0) is 74.3 Å². The first-order valence-electron chi connectivity index (χ1n) is 13.8. The lowest BCUT2D eigenvalue weighted by Crippen LogP contribution is -2.41. The number of aliphatic imine (C=N–C) groups is 1. The number of benzene rings is 1. The summed E-state index contributed by atoms with van der Waals surface area (Å²) >= 11 is 19.6. The third kappa shape index (κ3) is 8.27. The zero-order valence-corrected chi connectivity index (χ0v) is 27.0. The molecule has 0 fully saturated rings. The number of halogens is 6. The quantitative estimate of drug-likeness (QED) is 0.194. The van der Waals surface area contributed by atoms with Gasteiger partial charge in [0.2, 0.25) is 0 Å². The fourth-order valence-corrected chi connectivity index (χ4v) is 7.15. The molecule has 0 saturated carbocycles. The maximum absolute atomic E-state index is 14.7. The highest BCUT2D eigenvalue weighted by molar-refractivity contribution is 7.16. The summed E-state index contributed by atoms with van der Waals surface area (Å²) < 4.78 is 44.2. The minimum atomic E-state index is -4.63. The number of alkyl halides is 3. The van der Waals surface area contributed by atoms with Crippen LogP contribution >= 0.6 is 46.1 Å². The fraction of sp³-hybridized carbons (Fsp3) is 0.567. The molecule has 0 saturated heterocycles. The van der Waals surface area contributed by atoms with E-state index in [2.05, 4.69) is 24.2 Å². The van der Waals surface area contributed by atoms with E-state index in [0.29, 0.717) is 21.9 Å². The summed E-state index contributed by atoms with van der Waals surface area (Å²) in [6.07, 6.45) is 3.09. The minimum absolute atomic E-state index is 0.0132. The minimum Gasteiger partial charge on any atom is -0.349 e. The standard InChI is InChI=1S/C29H36Cl3F3N2OS.CH2O/c1-5-7-11-18(10-6-2)37-27(38)26-20-13-9-8-12-19(20)25(39-26)23(36-4)16-28(3,29(33,34)35)17-14-21(30)24(32)22(31)15-17;1-2/h14-15,18H,5-13,16H2,1-4H3,(H,37,38);1H2. The van der Waals surface area contributed by atoms with Crippen LogP contribution in [0.15, 0.2) is 17.1 Å². The molecule has 2 atom stereocenters. The molecule has 0 radical (unpaired) electrons. The molecule has 1 N–H and O–H groups in total. The van der Waals surface area contributed by atoms with E-state index in [-0.39, 0.29) is 32.6 Å². The summed E-state index contributed by atoms with van der Waals surface area (Å²) in [5.74, 6) is -0.135. The Kier molecular flexibility index (Phi) is 13.7. The SMILES string of the molecule is C=O.CCCCC(CCC)NC(=O)c1sc(C(CC(C)(c2cc(Cl)c(Cl)c(Cl)c2)C(F)(F)F)=NC)c2c1CCCC2. The van der Waals surface area contributed by atoms with Crippen molar-refractivity contribution >= 4 is 64.5 Å². The number of carbonyl (C=O) groups excluding carboxylic acids is 2. The van der Waals surface area contributed by atoms with E-state index in [1.54, 1.807) is 0 Å². The van der Waals surface area contributed by atoms with E-state index < -0.39 is 18.0 Å². The largest absolute Gasteiger partial charge is 0.398 e. The highest BCUT2D eigenvalue weighted by Gasteiger charge is 2.53. The van der Waals surface area contributed by atoms with Gasteiger partial charge in [0, 0.05) is 19.5 Å². The number of hydrogen-bond donors (Lipinski definition) is 1. The van der Waals surface area contributed by atoms with E-state index in [1.807, 2.05) is 6.79 Å². The predicted octanol–water partition coefficient (Wildman–Crippen LogP) is 9.82. The Morgan fingerprint density at radius 3 is 2.07 bits per heavy atom. The molecule has 1 aliphatic rings. The molecule has 1 amide bonds. The van der Waals surface area contributed by atoms with Crippen LogP contribution in [-0.2, 0) is 23.1 Å². The summed E-state index contributed by atoms with van der Waals surface area (Å²) in [4.78, 5) is 27.1. The van der Waals surface area contributed by atoms with Crippen LogP contribution in [0.1, 0.15) is 103 Å². The maximum atomic E-state index is 14.7. The lowest BCUT2D eigenvalue weighted by Gasteiger charge is -2.33. The van der Waals surface area contributed by atoms with Crippen LogP contribution in [0, 0.1) is 0 Å². The Labute approximate surface area is 260 Å². The van der Waals surface area contributed by atoms with Gasteiger partial charge >= 0.3 is 6.18 Å². The number of nitrogens with zero attached hydrogens (tertiary/aromatic N) is 1. The molecule has 0 aliphatic heterocycles. The third-order valence-corrected chi connectivity index (χ3v) is 10.1. The number of fused-ring (bicyclic) bond motifs is 1. The maximum Gasteiger partial charge on any atom is 0.398 e. The molecule has 11 heteroatoms. The van der Waals surface area contributed by atoms with Crippen molar-refractivity contribution in [2.45, 2.75) is 103 Å². The molecule has 2 aromatic rings. The topological polar surface area (TPSA) is 58.5 Å². The number of amides is 1. The van der Waals surface area contributed by atoms with Crippen LogP contribution in [0.5, 0.6) is 0 Å². The van der Waals surface area contributed by atoms with Gasteiger partial charge in [-0.15, -0.1) is 11.3 Å². The van der Waals surface area contributed by atoms with Crippen LogP contribution in [-0.4, -0.2) is 37.7 Å². The van der Waals surface area contributed by atoms with Crippen LogP contribution in [0.2, 0.25) is 15.1 Å². The average Bonchev–Trinajstić information content (AvgIpc) is 3.33. The van der Waals surface area contributed by atoms with Gasteiger partial charge in [0.25, 0.3) is 5.91 Å². The molecule has 1 aliphatic carbocycles. The lowest BCUT2D eigenvalue weighted by molar-refractivity contribution is -0.183. The van der Waals surface area contributed by atoms with Crippen molar-refractivity contribution in [2.24, 2.45) is 4.99 Å². The number of rotatable bonds is 11. The van der Waals surface area contributed by atoms with Crippen molar-refractivity contribution in [1.29, 1.82) is 0 Å². The summed E-state index contributed by atoms with van der Waals surface area (Å²) in [6.45, 7) is 7.35. The molecule has 0 bridgehead atoms. The van der Waals surface area contributed by atoms with Gasteiger partial charge < -0.3 is 10.1 Å². The Morgan fingerprint density at radius 2 is 1.59 bits per heavy atom. The van der Waals surface area contributed by atoms with Crippen molar-refractivity contribution < 1.29 is 22.8 Å². The van der Waals surface area contributed by atoms with Crippen LogP contribution < -0.4 is 5.32 Å². The summed E-state index contributed by atoms with van der Waals surface area (Å²) in [7, 11) is 1.50. The fourth-order valence-electron chi connectivity index (χ4n) is 5.22. The zero-order chi connectivity index (χ0) is 31.0. The summed E-state index contributed by atoms with van der Waals surface area (Å²) in [6, 6.07) is 2.53. The van der Waals surface area contributed by atoms with E-state index in [9.17, 15) is 18.0 Å². The second-order valence-electron chi connectivity index (χ2n) is 10.5.